The van der Waals surface area contributed by atoms with Gasteiger partial charge in [0.05, 0.1) is 12.9 Å². The average Bonchev–Trinajstić information content (AvgIpc) is 2.35. The summed E-state index contributed by atoms with van der Waals surface area (Å²) >= 11 is 4.96. The lowest BCUT2D eigenvalue weighted by molar-refractivity contribution is 0.333. The number of rotatable bonds is 7. The van der Waals surface area contributed by atoms with Crippen LogP contribution in [0, 0.1) is 0 Å². The van der Waals surface area contributed by atoms with E-state index in [4.69, 9.17) is 22.7 Å². The highest BCUT2D eigenvalue weighted by Gasteiger charge is 2.10. The predicted molar refractivity (Wildman–Crippen MR) is 84.9 cm³/mol. The zero-order valence-corrected chi connectivity index (χ0v) is 13.6. The number of nitrogens with zero attached hydrogens (tertiary/aromatic N) is 1. The van der Waals surface area contributed by atoms with E-state index in [0.717, 1.165) is 16.9 Å². The molecule has 0 aliphatic rings. The van der Waals surface area contributed by atoms with Gasteiger partial charge in [-0.05, 0) is 25.2 Å². The van der Waals surface area contributed by atoms with Gasteiger partial charge in [0, 0.05) is 30.5 Å². The highest BCUT2D eigenvalue weighted by Crippen LogP contribution is 2.21. The van der Waals surface area contributed by atoms with Crippen molar-refractivity contribution in [2.24, 2.45) is 5.73 Å². The molecule has 0 spiro atoms. The number of ether oxygens (including phenoxy) is 1. The molecule has 0 radical (unpaired) electrons. The monoisotopic (exact) mass is 316 g/mol. The summed E-state index contributed by atoms with van der Waals surface area (Å²) in [6.45, 7) is 1.02. The van der Waals surface area contributed by atoms with Gasteiger partial charge in [-0.1, -0.05) is 12.2 Å². The molecular formula is C13H20N2O3S2. The second-order valence-corrected chi connectivity index (χ2v) is 7.46. The van der Waals surface area contributed by atoms with Gasteiger partial charge in [0.2, 0.25) is 0 Å². The predicted octanol–water partition coefficient (Wildman–Crippen LogP) is 0.806. The molecule has 0 aliphatic carbocycles. The molecule has 0 amide bonds. The molecule has 1 aromatic rings. The van der Waals surface area contributed by atoms with Crippen LogP contribution < -0.4 is 10.5 Å². The van der Waals surface area contributed by atoms with E-state index in [2.05, 4.69) is 0 Å². The quantitative estimate of drug-likeness (QED) is 0.750. The van der Waals surface area contributed by atoms with Crippen LogP contribution in [0.4, 0.5) is 0 Å². The fourth-order valence-electron chi connectivity index (χ4n) is 1.75. The third-order valence-electron chi connectivity index (χ3n) is 2.85. The molecule has 1 aromatic carbocycles. The molecule has 0 saturated carbocycles. The molecule has 0 heterocycles. The van der Waals surface area contributed by atoms with E-state index in [1.807, 2.05) is 24.1 Å². The van der Waals surface area contributed by atoms with Crippen LogP contribution in [0.15, 0.2) is 18.2 Å². The Morgan fingerprint density at radius 1 is 1.45 bits per heavy atom. The molecule has 1 rings (SSSR count). The number of hydrogen-bond acceptors (Lipinski definition) is 5. The third kappa shape index (κ3) is 5.44. The van der Waals surface area contributed by atoms with Gasteiger partial charge in [-0.25, -0.2) is 8.42 Å². The van der Waals surface area contributed by atoms with Crippen molar-refractivity contribution in [3.8, 4) is 5.75 Å². The second kappa shape index (κ2) is 7.01. The second-order valence-electron chi connectivity index (χ2n) is 4.76. The molecule has 0 unspecified atom stereocenters. The summed E-state index contributed by atoms with van der Waals surface area (Å²) in [4.78, 5) is 2.25. The van der Waals surface area contributed by atoms with Crippen molar-refractivity contribution in [1.82, 2.24) is 4.90 Å². The Morgan fingerprint density at radius 3 is 2.60 bits per heavy atom. The molecular weight excluding hydrogens is 296 g/mol. The van der Waals surface area contributed by atoms with Gasteiger partial charge in [-0.15, -0.1) is 0 Å². The molecule has 7 heteroatoms. The Bertz CT molecular complexity index is 585. The minimum Gasteiger partial charge on any atom is -0.496 e. The molecule has 0 aromatic heterocycles. The lowest BCUT2D eigenvalue weighted by atomic mass is 10.1. The van der Waals surface area contributed by atoms with Gasteiger partial charge in [0.1, 0.15) is 20.6 Å². The standard InChI is InChI=1S/C13H20N2O3S2/c1-15(6-7-20(3,16)17)9-11-8-10(13(14)19)4-5-12(11)18-2/h4-5,8H,6-7,9H2,1-3H3,(H2,14,19). The van der Waals surface area contributed by atoms with E-state index in [0.29, 0.717) is 18.1 Å². The summed E-state index contributed by atoms with van der Waals surface area (Å²) in [7, 11) is 0.490. The first-order chi connectivity index (χ1) is 9.23. The van der Waals surface area contributed by atoms with Gasteiger partial charge in [0.15, 0.2) is 0 Å². The van der Waals surface area contributed by atoms with Crippen molar-refractivity contribution in [1.29, 1.82) is 0 Å². The number of thiocarbonyl (C=S) groups is 1. The van der Waals surface area contributed by atoms with E-state index < -0.39 is 9.84 Å². The Balaban J connectivity index is 2.84. The number of sulfone groups is 1. The fourth-order valence-corrected chi connectivity index (χ4v) is 2.52. The van der Waals surface area contributed by atoms with Crippen molar-refractivity contribution in [3.05, 3.63) is 29.3 Å². The minimum absolute atomic E-state index is 0.126. The van der Waals surface area contributed by atoms with E-state index in [-0.39, 0.29) is 5.75 Å². The lowest BCUT2D eigenvalue weighted by Crippen LogP contribution is -2.25. The van der Waals surface area contributed by atoms with Crippen molar-refractivity contribution >= 4 is 27.0 Å². The molecule has 112 valence electrons. The van der Waals surface area contributed by atoms with Crippen LogP contribution in [0.5, 0.6) is 5.75 Å². The zero-order chi connectivity index (χ0) is 15.3. The maximum absolute atomic E-state index is 11.2. The van der Waals surface area contributed by atoms with Crippen molar-refractivity contribution < 1.29 is 13.2 Å². The molecule has 0 saturated heterocycles. The minimum atomic E-state index is -2.96. The van der Waals surface area contributed by atoms with Gasteiger partial charge in [-0.2, -0.15) is 0 Å². The lowest BCUT2D eigenvalue weighted by Gasteiger charge is -2.18. The molecule has 0 atom stereocenters. The Morgan fingerprint density at radius 2 is 2.10 bits per heavy atom. The number of hydrogen-bond donors (Lipinski definition) is 1. The maximum atomic E-state index is 11.2. The smallest absolute Gasteiger partial charge is 0.148 e. The van der Waals surface area contributed by atoms with Crippen LogP contribution >= 0.6 is 12.2 Å². The third-order valence-corrected chi connectivity index (χ3v) is 4.01. The average molecular weight is 316 g/mol. The van der Waals surface area contributed by atoms with Crippen LogP contribution in [0.25, 0.3) is 0 Å². The topological polar surface area (TPSA) is 72.6 Å². The fraction of sp³-hybridized carbons (Fsp3) is 0.462. The largest absolute Gasteiger partial charge is 0.496 e. The van der Waals surface area contributed by atoms with Gasteiger partial charge < -0.3 is 15.4 Å². The van der Waals surface area contributed by atoms with E-state index in [9.17, 15) is 8.42 Å². The number of methoxy groups -OCH3 is 1. The molecule has 0 bridgehead atoms. The summed E-state index contributed by atoms with van der Waals surface area (Å²) < 4.78 is 27.6. The van der Waals surface area contributed by atoms with E-state index in [1.54, 1.807) is 13.2 Å². The Labute approximate surface area is 125 Å². The number of nitrogens with two attached hydrogens (primary N) is 1. The Kier molecular flexibility index (Phi) is 5.91. The molecule has 0 fully saturated rings. The van der Waals surface area contributed by atoms with Crippen LogP contribution in [-0.4, -0.2) is 51.0 Å². The van der Waals surface area contributed by atoms with Crippen molar-refractivity contribution in [3.63, 3.8) is 0 Å². The van der Waals surface area contributed by atoms with Crippen molar-refractivity contribution in [2.75, 3.05) is 32.7 Å². The van der Waals surface area contributed by atoms with Crippen molar-refractivity contribution in [2.45, 2.75) is 6.54 Å². The van der Waals surface area contributed by atoms with Crippen LogP contribution in [0.3, 0.4) is 0 Å². The number of benzene rings is 1. The van der Waals surface area contributed by atoms with Crippen LogP contribution in [-0.2, 0) is 16.4 Å². The van der Waals surface area contributed by atoms with Crippen LogP contribution in [0.2, 0.25) is 0 Å². The summed E-state index contributed by atoms with van der Waals surface area (Å²) in [5.41, 5.74) is 7.31. The molecule has 5 nitrogen and oxygen atoms in total. The molecule has 0 aliphatic heterocycles. The summed E-state index contributed by atoms with van der Waals surface area (Å²) in [6, 6.07) is 5.49. The zero-order valence-electron chi connectivity index (χ0n) is 11.9. The first-order valence-corrected chi connectivity index (χ1v) is 8.53. The highest BCUT2D eigenvalue weighted by atomic mass is 32.2. The summed E-state index contributed by atoms with van der Waals surface area (Å²) in [6.07, 6.45) is 1.23. The van der Waals surface area contributed by atoms with Crippen LogP contribution in [0.1, 0.15) is 11.1 Å². The SMILES string of the molecule is COc1ccc(C(N)=S)cc1CN(C)CCS(C)(=O)=O. The van der Waals surface area contributed by atoms with Gasteiger partial charge >= 0.3 is 0 Å². The first kappa shape index (κ1) is 16.9. The first-order valence-electron chi connectivity index (χ1n) is 6.06. The van der Waals surface area contributed by atoms with E-state index in [1.165, 1.54) is 6.26 Å². The summed E-state index contributed by atoms with van der Waals surface area (Å²) in [5.74, 6) is 0.858. The Hall–Kier alpha value is -1.18. The van der Waals surface area contributed by atoms with E-state index >= 15 is 0 Å². The van der Waals surface area contributed by atoms with Gasteiger partial charge in [0.25, 0.3) is 0 Å². The highest BCUT2D eigenvalue weighted by molar-refractivity contribution is 7.90. The molecule has 2 N–H and O–H groups in total. The molecule has 20 heavy (non-hydrogen) atoms. The normalized spacial score (nSPS) is 11.6. The summed E-state index contributed by atoms with van der Waals surface area (Å²) in [5, 5.41) is 0. The van der Waals surface area contributed by atoms with Gasteiger partial charge in [-0.3, -0.25) is 0 Å². The maximum Gasteiger partial charge on any atom is 0.148 e.